The van der Waals surface area contributed by atoms with Crippen molar-refractivity contribution in [3.8, 4) is 0 Å². The normalized spacial score (nSPS) is 9.88. The number of rotatable bonds is 0. The van der Waals surface area contributed by atoms with Gasteiger partial charge in [-0.2, -0.15) is 0 Å². The number of benzene rings is 1. The van der Waals surface area contributed by atoms with Crippen LogP contribution in [0.4, 0.5) is 0 Å². The van der Waals surface area contributed by atoms with Gasteiger partial charge in [0.25, 0.3) is 0 Å². The smallest absolute Gasteiger partial charge is 0.163 e. The Balaban J connectivity index is 0.000000138. The predicted octanol–water partition coefficient (Wildman–Crippen LogP) is 2.43. The highest BCUT2D eigenvalue weighted by atomic mass is 32.1. The first-order valence-corrected chi connectivity index (χ1v) is 5.41. The van der Waals surface area contributed by atoms with Gasteiger partial charge in [-0.3, -0.25) is 3.97 Å². The fourth-order valence-electron chi connectivity index (χ4n) is 1.19. The minimum atomic E-state index is 0.668. The van der Waals surface area contributed by atoms with Gasteiger partial charge in [0, 0.05) is 12.4 Å². The summed E-state index contributed by atoms with van der Waals surface area (Å²) in [5, 5.41) is 0.668. The Morgan fingerprint density at radius 1 is 1.25 bits per heavy atom. The van der Waals surface area contributed by atoms with E-state index in [0.717, 1.165) is 11.0 Å². The first kappa shape index (κ1) is 11.1. The monoisotopic (exact) mass is 250 g/mol. The summed E-state index contributed by atoms with van der Waals surface area (Å²) in [6, 6.07) is 7.84. The second kappa shape index (κ2) is 5.09. The molecular formula is C10H10N4S2. The SMILES string of the molecule is Sc1nc2ccccc2[nH]1.Sn1ccnc1. The Kier molecular flexibility index (Phi) is 3.53. The van der Waals surface area contributed by atoms with Crippen molar-refractivity contribution in [1.82, 2.24) is 18.9 Å². The fourth-order valence-corrected chi connectivity index (χ4v) is 1.54. The largest absolute Gasteiger partial charge is 0.333 e. The molecule has 0 fully saturated rings. The molecule has 3 rings (SSSR count). The van der Waals surface area contributed by atoms with Crippen LogP contribution in [0.1, 0.15) is 0 Å². The van der Waals surface area contributed by atoms with Gasteiger partial charge in [0.1, 0.15) is 6.33 Å². The molecule has 1 N–H and O–H groups in total. The average molecular weight is 250 g/mol. The first-order chi connectivity index (χ1) is 7.75. The zero-order valence-corrected chi connectivity index (χ0v) is 10.1. The summed E-state index contributed by atoms with van der Waals surface area (Å²) < 4.78 is 1.58. The van der Waals surface area contributed by atoms with E-state index < -0.39 is 0 Å². The van der Waals surface area contributed by atoms with Crippen molar-refractivity contribution >= 4 is 36.5 Å². The van der Waals surface area contributed by atoms with Crippen LogP contribution in [0.2, 0.25) is 0 Å². The van der Waals surface area contributed by atoms with Crippen LogP contribution in [0, 0.1) is 0 Å². The number of thiol groups is 2. The molecule has 0 bridgehead atoms. The van der Waals surface area contributed by atoms with E-state index in [-0.39, 0.29) is 0 Å². The van der Waals surface area contributed by atoms with Crippen LogP contribution in [0.15, 0.2) is 48.1 Å². The highest BCUT2D eigenvalue weighted by molar-refractivity contribution is 7.80. The molecule has 16 heavy (non-hydrogen) atoms. The lowest BCUT2D eigenvalue weighted by atomic mass is 10.3. The van der Waals surface area contributed by atoms with Gasteiger partial charge in [0.05, 0.1) is 11.0 Å². The van der Waals surface area contributed by atoms with Gasteiger partial charge in [-0.1, -0.05) is 24.9 Å². The van der Waals surface area contributed by atoms with Crippen molar-refractivity contribution in [3.63, 3.8) is 0 Å². The van der Waals surface area contributed by atoms with Crippen LogP contribution in [0.3, 0.4) is 0 Å². The number of hydrogen-bond donors (Lipinski definition) is 3. The highest BCUT2D eigenvalue weighted by Gasteiger charge is 1.94. The number of aromatic amines is 1. The van der Waals surface area contributed by atoms with E-state index in [0.29, 0.717) is 5.16 Å². The number of H-pyrrole nitrogens is 1. The summed E-state index contributed by atoms with van der Waals surface area (Å²) >= 11 is 7.97. The zero-order chi connectivity index (χ0) is 11.4. The lowest BCUT2D eigenvalue weighted by Crippen LogP contribution is -1.65. The van der Waals surface area contributed by atoms with Crippen LogP contribution in [-0.4, -0.2) is 18.9 Å². The van der Waals surface area contributed by atoms with Crippen molar-refractivity contribution in [2.45, 2.75) is 5.16 Å². The van der Waals surface area contributed by atoms with Gasteiger partial charge < -0.3 is 4.98 Å². The Morgan fingerprint density at radius 3 is 2.62 bits per heavy atom. The summed E-state index contributed by atoms with van der Waals surface area (Å²) in [5.41, 5.74) is 2.00. The van der Waals surface area contributed by atoms with Crippen LogP contribution in [0.25, 0.3) is 11.0 Å². The number of nitrogens with zero attached hydrogens (tertiary/aromatic N) is 3. The molecule has 0 unspecified atom stereocenters. The molecule has 3 aromatic rings. The number of aromatic nitrogens is 4. The topological polar surface area (TPSA) is 46.5 Å². The Hall–Kier alpha value is -1.40. The third kappa shape index (κ3) is 2.80. The van der Waals surface area contributed by atoms with Gasteiger partial charge >= 0.3 is 0 Å². The fraction of sp³-hybridized carbons (Fsp3) is 0. The number of hydrogen-bond acceptors (Lipinski definition) is 4. The van der Waals surface area contributed by atoms with Crippen molar-refractivity contribution in [2.75, 3.05) is 0 Å². The van der Waals surface area contributed by atoms with Crippen molar-refractivity contribution in [1.29, 1.82) is 0 Å². The average Bonchev–Trinajstić information content (AvgIpc) is 2.86. The van der Waals surface area contributed by atoms with E-state index in [9.17, 15) is 0 Å². The van der Waals surface area contributed by atoms with Gasteiger partial charge in [-0.05, 0) is 12.1 Å². The van der Waals surface area contributed by atoms with Gasteiger partial charge in [0.15, 0.2) is 5.16 Å². The first-order valence-electron chi connectivity index (χ1n) is 4.56. The van der Waals surface area contributed by atoms with Crippen molar-refractivity contribution < 1.29 is 0 Å². The van der Waals surface area contributed by atoms with Crippen LogP contribution < -0.4 is 0 Å². The molecule has 0 aliphatic rings. The summed E-state index contributed by atoms with van der Waals surface area (Å²) in [6.07, 6.45) is 5.04. The summed E-state index contributed by atoms with van der Waals surface area (Å²) in [7, 11) is 0. The van der Waals surface area contributed by atoms with E-state index in [1.165, 1.54) is 0 Å². The molecular weight excluding hydrogens is 240 g/mol. The molecule has 0 amide bonds. The Bertz CT molecular complexity index is 526. The molecule has 1 aromatic carbocycles. The number of para-hydroxylation sites is 2. The maximum Gasteiger partial charge on any atom is 0.163 e. The second-order valence-electron chi connectivity index (χ2n) is 3.02. The molecule has 0 atom stereocenters. The van der Waals surface area contributed by atoms with E-state index in [1.807, 2.05) is 24.3 Å². The highest BCUT2D eigenvalue weighted by Crippen LogP contribution is 2.11. The summed E-state index contributed by atoms with van der Waals surface area (Å²) in [6.45, 7) is 0. The number of nitrogens with one attached hydrogen (secondary N) is 1. The minimum absolute atomic E-state index is 0.668. The minimum Gasteiger partial charge on any atom is -0.333 e. The second-order valence-corrected chi connectivity index (χ2v) is 3.91. The molecule has 4 nitrogen and oxygen atoms in total. The Morgan fingerprint density at radius 2 is 2.06 bits per heavy atom. The Labute approximate surface area is 104 Å². The molecule has 6 heteroatoms. The maximum absolute atomic E-state index is 4.12. The standard InChI is InChI=1S/C7H6N2S.C3H4N2S/c10-7-8-5-3-1-2-4-6(5)9-7;6-5-2-1-4-3-5/h1-4H,(H2,8,9,10);1-3,6H. The number of imidazole rings is 2. The molecule has 82 valence electrons. The van der Waals surface area contributed by atoms with E-state index in [1.54, 1.807) is 22.7 Å². The van der Waals surface area contributed by atoms with Gasteiger partial charge in [-0.25, -0.2) is 9.97 Å². The van der Waals surface area contributed by atoms with Crippen LogP contribution in [-0.2, 0) is 0 Å². The maximum atomic E-state index is 4.12. The van der Waals surface area contributed by atoms with Gasteiger partial charge in [0.2, 0.25) is 0 Å². The van der Waals surface area contributed by atoms with Crippen LogP contribution in [0.5, 0.6) is 0 Å². The quantitative estimate of drug-likeness (QED) is 0.537. The third-order valence-electron chi connectivity index (χ3n) is 1.87. The third-order valence-corrected chi connectivity index (χ3v) is 2.32. The molecule has 0 saturated carbocycles. The van der Waals surface area contributed by atoms with Crippen molar-refractivity contribution in [2.24, 2.45) is 0 Å². The molecule has 0 aliphatic heterocycles. The molecule has 0 aliphatic carbocycles. The van der Waals surface area contributed by atoms with E-state index in [4.69, 9.17) is 0 Å². The van der Waals surface area contributed by atoms with Crippen LogP contribution >= 0.6 is 25.4 Å². The van der Waals surface area contributed by atoms with E-state index in [2.05, 4.69) is 40.4 Å². The predicted molar refractivity (Wildman–Crippen MR) is 70.0 cm³/mol. The zero-order valence-electron chi connectivity index (χ0n) is 8.28. The molecule has 0 radical (unpaired) electrons. The van der Waals surface area contributed by atoms with Crippen molar-refractivity contribution in [3.05, 3.63) is 43.0 Å². The van der Waals surface area contributed by atoms with E-state index >= 15 is 0 Å². The molecule has 2 heterocycles. The summed E-state index contributed by atoms with van der Waals surface area (Å²) in [4.78, 5) is 10.8. The molecule has 2 aromatic heterocycles. The summed E-state index contributed by atoms with van der Waals surface area (Å²) in [5.74, 6) is 0. The molecule has 0 spiro atoms. The number of fused-ring (bicyclic) bond motifs is 1. The lowest BCUT2D eigenvalue weighted by molar-refractivity contribution is 1.09. The lowest BCUT2D eigenvalue weighted by Gasteiger charge is -1.81. The van der Waals surface area contributed by atoms with Gasteiger partial charge in [-0.15, -0.1) is 12.6 Å². The molecule has 0 saturated heterocycles.